The van der Waals surface area contributed by atoms with Crippen LogP contribution in [-0.4, -0.2) is 34.7 Å². The van der Waals surface area contributed by atoms with Crippen LogP contribution >= 0.6 is 11.3 Å². The van der Waals surface area contributed by atoms with E-state index in [1.165, 1.54) is 17.4 Å². The van der Waals surface area contributed by atoms with Crippen molar-refractivity contribution in [3.05, 3.63) is 28.3 Å². The first-order chi connectivity index (χ1) is 9.67. The zero-order valence-corrected chi connectivity index (χ0v) is 11.7. The van der Waals surface area contributed by atoms with Crippen LogP contribution in [0.4, 0.5) is 10.8 Å². The molecule has 3 rings (SSSR count). The molecular formula is C13H15N3O3S. The molecule has 0 amide bonds. The number of aromatic nitrogens is 1. The number of rotatable bonds is 3. The van der Waals surface area contributed by atoms with Crippen LogP contribution in [0.3, 0.4) is 0 Å². The van der Waals surface area contributed by atoms with Crippen molar-refractivity contribution in [2.45, 2.75) is 12.8 Å². The number of piperidine rings is 1. The van der Waals surface area contributed by atoms with Gasteiger partial charge in [0.25, 0.3) is 5.69 Å². The number of thiazole rings is 1. The summed E-state index contributed by atoms with van der Waals surface area (Å²) in [4.78, 5) is 17.1. The van der Waals surface area contributed by atoms with Crippen molar-refractivity contribution in [1.29, 1.82) is 0 Å². The zero-order chi connectivity index (χ0) is 14.1. The second-order valence-corrected chi connectivity index (χ2v) is 6.03. The Hall–Kier alpha value is -1.73. The largest absolute Gasteiger partial charge is 0.396 e. The van der Waals surface area contributed by atoms with Crippen LogP contribution in [0, 0.1) is 16.0 Å². The van der Waals surface area contributed by atoms with E-state index in [1.54, 1.807) is 12.1 Å². The molecule has 1 saturated heterocycles. The van der Waals surface area contributed by atoms with Crippen molar-refractivity contribution in [1.82, 2.24) is 4.98 Å². The van der Waals surface area contributed by atoms with E-state index in [-0.39, 0.29) is 17.2 Å². The molecule has 0 unspecified atom stereocenters. The summed E-state index contributed by atoms with van der Waals surface area (Å²) in [5.41, 5.74) is 0.909. The Morgan fingerprint density at radius 1 is 1.45 bits per heavy atom. The van der Waals surface area contributed by atoms with Crippen LogP contribution in [0.1, 0.15) is 12.8 Å². The van der Waals surface area contributed by atoms with Crippen molar-refractivity contribution in [2.75, 3.05) is 24.6 Å². The lowest BCUT2D eigenvalue weighted by Gasteiger charge is -2.30. The number of nitro groups is 1. The quantitative estimate of drug-likeness (QED) is 0.694. The third-order valence-corrected chi connectivity index (χ3v) is 4.79. The number of anilines is 1. The molecule has 0 saturated carbocycles. The average molecular weight is 293 g/mol. The second kappa shape index (κ2) is 5.34. The van der Waals surface area contributed by atoms with Crippen LogP contribution in [-0.2, 0) is 0 Å². The maximum absolute atomic E-state index is 10.8. The van der Waals surface area contributed by atoms with Gasteiger partial charge >= 0.3 is 0 Å². The van der Waals surface area contributed by atoms with E-state index in [4.69, 9.17) is 5.11 Å². The minimum absolute atomic E-state index is 0.103. The van der Waals surface area contributed by atoms with E-state index < -0.39 is 0 Å². The molecule has 6 nitrogen and oxygen atoms in total. The van der Waals surface area contributed by atoms with Gasteiger partial charge in [0.2, 0.25) is 0 Å². The van der Waals surface area contributed by atoms with Crippen LogP contribution in [0.25, 0.3) is 10.2 Å². The highest BCUT2D eigenvalue weighted by molar-refractivity contribution is 7.22. The van der Waals surface area contributed by atoms with Gasteiger partial charge < -0.3 is 10.0 Å². The van der Waals surface area contributed by atoms with Crippen LogP contribution in [0.15, 0.2) is 18.2 Å². The Bertz CT molecular complexity index is 635. The highest BCUT2D eigenvalue weighted by Gasteiger charge is 2.21. The molecule has 1 N–H and O–H groups in total. The molecule has 0 aliphatic carbocycles. The lowest BCUT2D eigenvalue weighted by atomic mass is 9.98. The lowest BCUT2D eigenvalue weighted by molar-refractivity contribution is -0.384. The Labute approximate surface area is 119 Å². The van der Waals surface area contributed by atoms with E-state index in [9.17, 15) is 10.1 Å². The summed E-state index contributed by atoms with van der Waals surface area (Å²) < 4.78 is 0.846. The number of nitro benzene ring substituents is 1. The summed E-state index contributed by atoms with van der Waals surface area (Å²) in [6, 6.07) is 4.77. The van der Waals surface area contributed by atoms with Crippen molar-refractivity contribution >= 4 is 32.4 Å². The predicted octanol–water partition coefficient (Wildman–Crippen LogP) is 2.41. The Kier molecular flexibility index (Phi) is 3.54. The van der Waals surface area contributed by atoms with Gasteiger partial charge in [-0.15, -0.1) is 0 Å². The fraction of sp³-hybridized carbons (Fsp3) is 0.462. The maximum atomic E-state index is 10.8. The van der Waals surface area contributed by atoms with Crippen LogP contribution in [0.5, 0.6) is 0 Å². The summed E-state index contributed by atoms with van der Waals surface area (Å²) in [6.45, 7) is 2.01. The molecule has 106 valence electrons. The number of aliphatic hydroxyl groups excluding tert-OH is 1. The van der Waals surface area contributed by atoms with Gasteiger partial charge in [-0.2, -0.15) is 0 Å². The van der Waals surface area contributed by atoms with Gasteiger partial charge in [-0.25, -0.2) is 4.98 Å². The number of non-ortho nitro benzene ring substituents is 1. The molecule has 0 radical (unpaired) electrons. The van der Waals surface area contributed by atoms with Gasteiger partial charge in [0, 0.05) is 31.8 Å². The smallest absolute Gasteiger partial charge is 0.270 e. The first-order valence-electron chi connectivity index (χ1n) is 6.58. The summed E-state index contributed by atoms with van der Waals surface area (Å²) in [5, 5.41) is 20.8. The molecule has 0 spiro atoms. The number of aliphatic hydroxyl groups is 1. The maximum Gasteiger partial charge on any atom is 0.270 e. The number of fused-ring (bicyclic) bond motifs is 1. The lowest BCUT2D eigenvalue weighted by Crippen LogP contribution is -2.34. The van der Waals surface area contributed by atoms with E-state index in [0.29, 0.717) is 5.92 Å². The highest BCUT2D eigenvalue weighted by atomic mass is 32.1. The second-order valence-electron chi connectivity index (χ2n) is 5.02. The monoisotopic (exact) mass is 293 g/mol. The first-order valence-corrected chi connectivity index (χ1v) is 7.40. The number of benzene rings is 1. The van der Waals surface area contributed by atoms with Crippen molar-refractivity contribution in [2.24, 2.45) is 5.92 Å². The third-order valence-electron chi connectivity index (χ3n) is 3.71. The normalized spacial score (nSPS) is 16.8. The number of hydrogen-bond acceptors (Lipinski definition) is 6. The molecule has 1 aliphatic heterocycles. The Morgan fingerprint density at radius 2 is 2.20 bits per heavy atom. The van der Waals surface area contributed by atoms with Gasteiger partial charge in [-0.3, -0.25) is 10.1 Å². The van der Waals surface area contributed by atoms with E-state index in [0.717, 1.165) is 41.3 Å². The molecular weight excluding hydrogens is 278 g/mol. The minimum Gasteiger partial charge on any atom is -0.396 e. The molecule has 1 aromatic heterocycles. The van der Waals surface area contributed by atoms with Crippen molar-refractivity contribution in [3.8, 4) is 0 Å². The van der Waals surface area contributed by atoms with E-state index in [1.807, 2.05) is 0 Å². The van der Waals surface area contributed by atoms with Crippen molar-refractivity contribution in [3.63, 3.8) is 0 Å². The van der Waals surface area contributed by atoms with Crippen LogP contribution in [0.2, 0.25) is 0 Å². The van der Waals surface area contributed by atoms with Crippen molar-refractivity contribution < 1.29 is 10.0 Å². The number of nitrogens with zero attached hydrogens (tertiary/aromatic N) is 3. The predicted molar refractivity (Wildman–Crippen MR) is 78.3 cm³/mol. The number of hydrogen-bond donors (Lipinski definition) is 1. The standard InChI is InChI=1S/C13H15N3O3S/c17-8-9-3-5-15(6-4-9)13-14-11-2-1-10(16(18)19)7-12(11)20-13/h1-2,7,9,17H,3-6,8H2. The summed E-state index contributed by atoms with van der Waals surface area (Å²) >= 11 is 1.49. The van der Waals surface area contributed by atoms with E-state index >= 15 is 0 Å². The molecule has 7 heteroatoms. The average Bonchev–Trinajstić information content (AvgIpc) is 2.90. The first kappa shape index (κ1) is 13.3. The summed E-state index contributed by atoms with van der Waals surface area (Å²) in [5.74, 6) is 0.390. The minimum atomic E-state index is -0.383. The van der Waals surface area contributed by atoms with Gasteiger partial charge in [-0.05, 0) is 24.8 Å². The fourth-order valence-electron chi connectivity index (χ4n) is 2.46. The summed E-state index contributed by atoms with van der Waals surface area (Å²) in [6.07, 6.45) is 1.93. The Balaban J connectivity index is 1.84. The van der Waals surface area contributed by atoms with Crippen LogP contribution < -0.4 is 4.90 Å². The van der Waals surface area contributed by atoms with Gasteiger partial charge in [0.1, 0.15) is 0 Å². The molecule has 1 fully saturated rings. The molecule has 1 aliphatic rings. The van der Waals surface area contributed by atoms with Gasteiger partial charge in [0.15, 0.2) is 5.13 Å². The topological polar surface area (TPSA) is 79.5 Å². The molecule has 20 heavy (non-hydrogen) atoms. The molecule has 2 aromatic rings. The molecule has 0 atom stereocenters. The van der Waals surface area contributed by atoms with Gasteiger partial charge in [-0.1, -0.05) is 11.3 Å². The Morgan fingerprint density at radius 3 is 2.85 bits per heavy atom. The molecule has 1 aromatic carbocycles. The summed E-state index contributed by atoms with van der Waals surface area (Å²) in [7, 11) is 0. The molecule has 2 heterocycles. The SMILES string of the molecule is O=[N+]([O-])c1ccc2nc(N3CCC(CO)CC3)sc2c1. The third kappa shape index (κ3) is 2.46. The highest BCUT2D eigenvalue weighted by Crippen LogP contribution is 2.33. The van der Waals surface area contributed by atoms with E-state index in [2.05, 4.69) is 9.88 Å². The fourth-order valence-corrected chi connectivity index (χ4v) is 3.51. The van der Waals surface area contributed by atoms with Gasteiger partial charge in [0.05, 0.1) is 15.1 Å². The molecule has 0 bridgehead atoms. The zero-order valence-electron chi connectivity index (χ0n) is 10.9.